The summed E-state index contributed by atoms with van der Waals surface area (Å²) in [4.78, 5) is 15.2. The van der Waals surface area contributed by atoms with Crippen molar-refractivity contribution >= 4 is 5.91 Å². The van der Waals surface area contributed by atoms with Crippen LogP contribution in [0.2, 0.25) is 0 Å². The average Bonchev–Trinajstić information content (AvgIpc) is 3.25. The van der Waals surface area contributed by atoms with Crippen molar-refractivity contribution < 1.29 is 18.7 Å². The first-order chi connectivity index (χ1) is 12.8. The maximum atomic E-state index is 13.9. The Morgan fingerprint density at radius 3 is 2.63 bits per heavy atom. The van der Waals surface area contributed by atoms with E-state index in [1.807, 2.05) is 0 Å². The minimum Gasteiger partial charge on any atom is -0.375 e. The smallest absolute Gasteiger partial charge is 0.259 e. The highest BCUT2D eigenvalue weighted by molar-refractivity contribution is 5.87. The summed E-state index contributed by atoms with van der Waals surface area (Å²) in [5, 5.41) is 15.0. The van der Waals surface area contributed by atoms with Crippen LogP contribution in [0.1, 0.15) is 44.1 Å². The summed E-state index contributed by atoms with van der Waals surface area (Å²) in [6.07, 6.45) is 2.50. The SMILES string of the molecule is O=C(N1CC[C@]2(CCCNC2)C1)[C@](O)(c1ccccc1)[C@@H]1CCC(F)(F)C1. The summed E-state index contributed by atoms with van der Waals surface area (Å²) in [6, 6.07) is 8.66. The van der Waals surface area contributed by atoms with Gasteiger partial charge >= 0.3 is 0 Å². The van der Waals surface area contributed by atoms with E-state index >= 15 is 0 Å². The normalized spacial score (nSPS) is 32.6. The summed E-state index contributed by atoms with van der Waals surface area (Å²) in [6.45, 7) is 3.05. The molecule has 3 atom stereocenters. The number of amides is 1. The number of halogens is 2. The average molecular weight is 378 g/mol. The lowest BCUT2D eigenvalue weighted by atomic mass is 9.78. The molecule has 0 aromatic heterocycles. The van der Waals surface area contributed by atoms with Gasteiger partial charge in [-0.2, -0.15) is 0 Å². The molecule has 1 aromatic carbocycles. The van der Waals surface area contributed by atoms with E-state index in [1.54, 1.807) is 35.2 Å². The third-order valence-electron chi connectivity index (χ3n) is 6.82. The number of rotatable bonds is 3. The van der Waals surface area contributed by atoms with Crippen LogP contribution in [0, 0.1) is 11.3 Å². The molecule has 27 heavy (non-hydrogen) atoms. The Bertz CT molecular complexity index is 691. The van der Waals surface area contributed by atoms with Gasteiger partial charge in [-0.3, -0.25) is 4.79 Å². The number of alkyl halides is 2. The Morgan fingerprint density at radius 2 is 2.00 bits per heavy atom. The number of piperidine rings is 1. The van der Waals surface area contributed by atoms with Gasteiger partial charge in [0.15, 0.2) is 5.60 Å². The van der Waals surface area contributed by atoms with E-state index in [-0.39, 0.29) is 18.3 Å². The van der Waals surface area contributed by atoms with Crippen LogP contribution in [0.25, 0.3) is 0 Å². The predicted molar refractivity (Wildman–Crippen MR) is 98.4 cm³/mol. The number of benzene rings is 1. The molecule has 148 valence electrons. The molecule has 3 aliphatic rings. The molecule has 1 spiro atoms. The summed E-state index contributed by atoms with van der Waals surface area (Å²) < 4.78 is 27.8. The van der Waals surface area contributed by atoms with E-state index in [4.69, 9.17) is 0 Å². The van der Waals surface area contributed by atoms with Gasteiger partial charge in [-0.1, -0.05) is 30.3 Å². The van der Waals surface area contributed by atoms with Crippen LogP contribution < -0.4 is 5.32 Å². The lowest BCUT2D eigenvalue weighted by molar-refractivity contribution is -0.159. The van der Waals surface area contributed by atoms with E-state index in [9.17, 15) is 18.7 Å². The first kappa shape index (κ1) is 18.8. The molecule has 2 N–H and O–H groups in total. The van der Waals surface area contributed by atoms with E-state index in [0.717, 1.165) is 32.4 Å². The van der Waals surface area contributed by atoms with Crippen molar-refractivity contribution in [2.75, 3.05) is 26.2 Å². The molecule has 1 saturated carbocycles. The van der Waals surface area contributed by atoms with Gasteiger partial charge in [-0.05, 0) is 37.8 Å². The number of aliphatic hydroxyl groups is 1. The molecule has 3 fully saturated rings. The second-order valence-corrected chi connectivity index (χ2v) is 8.69. The fraction of sp³-hybridized carbons (Fsp3) is 0.667. The fourth-order valence-corrected chi connectivity index (χ4v) is 5.26. The van der Waals surface area contributed by atoms with Crippen LogP contribution in [0.5, 0.6) is 0 Å². The Morgan fingerprint density at radius 1 is 1.22 bits per heavy atom. The quantitative estimate of drug-likeness (QED) is 0.850. The van der Waals surface area contributed by atoms with E-state index < -0.39 is 29.8 Å². The summed E-state index contributed by atoms with van der Waals surface area (Å²) in [5.41, 5.74) is -1.39. The van der Waals surface area contributed by atoms with Crippen molar-refractivity contribution in [3.05, 3.63) is 35.9 Å². The van der Waals surface area contributed by atoms with Crippen LogP contribution >= 0.6 is 0 Å². The minimum absolute atomic E-state index is 0.0606. The van der Waals surface area contributed by atoms with Crippen molar-refractivity contribution in [2.45, 2.75) is 50.0 Å². The monoisotopic (exact) mass is 378 g/mol. The molecular formula is C21H28F2N2O2. The molecule has 4 rings (SSSR count). The molecule has 6 heteroatoms. The van der Waals surface area contributed by atoms with Gasteiger partial charge in [0, 0.05) is 43.8 Å². The van der Waals surface area contributed by atoms with Crippen LogP contribution in [0.4, 0.5) is 8.78 Å². The highest BCUT2D eigenvalue weighted by Crippen LogP contribution is 2.49. The molecule has 2 aliphatic heterocycles. The Kier molecular flexibility index (Phi) is 4.75. The molecule has 4 nitrogen and oxygen atoms in total. The van der Waals surface area contributed by atoms with Crippen LogP contribution in [0.3, 0.4) is 0 Å². The number of nitrogens with one attached hydrogen (secondary N) is 1. The third kappa shape index (κ3) is 3.38. The van der Waals surface area contributed by atoms with Crippen molar-refractivity contribution in [1.29, 1.82) is 0 Å². The molecule has 2 saturated heterocycles. The van der Waals surface area contributed by atoms with Crippen molar-refractivity contribution in [3.8, 4) is 0 Å². The van der Waals surface area contributed by atoms with Gasteiger partial charge in [-0.15, -0.1) is 0 Å². The highest BCUT2D eigenvalue weighted by atomic mass is 19.3. The zero-order chi connectivity index (χ0) is 19.1. The summed E-state index contributed by atoms with van der Waals surface area (Å²) >= 11 is 0. The second kappa shape index (κ2) is 6.82. The molecule has 0 bridgehead atoms. The lowest BCUT2D eigenvalue weighted by Gasteiger charge is -2.38. The Labute approximate surface area is 158 Å². The zero-order valence-electron chi connectivity index (χ0n) is 15.6. The molecule has 2 heterocycles. The molecule has 0 unspecified atom stereocenters. The predicted octanol–water partition coefficient (Wildman–Crippen LogP) is 2.91. The van der Waals surface area contributed by atoms with Crippen LogP contribution in [-0.2, 0) is 10.4 Å². The van der Waals surface area contributed by atoms with Crippen LogP contribution in [-0.4, -0.2) is 48.0 Å². The first-order valence-corrected chi connectivity index (χ1v) is 10.0. The molecular weight excluding hydrogens is 350 g/mol. The van der Waals surface area contributed by atoms with E-state index in [1.165, 1.54) is 0 Å². The molecule has 0 radical (unpaired) electrons. The third-order valence-corrected chi connectivity index (χ3v) is 6.82. The molecule has 1 amide bonds. The van der Waals surface area contributed by atoms with Crippen molar-refractivity contribution in [2.24, 2.45) is 11.3 Å². The van der Waals surface area contributed by atoms with Gasteiger partial charge < -0.3 is 15.3 Å². The maximum absolute atomic E-state index is 13.9. The number of likely N-dealkylation sites (tertiary alicyclic amines) is 1. The second-order valence-electron chi connectivity index (χ2n) is 8.69. The van der Waals surface area contributed by atoms with E-state index in [2.05, 4.69) is 5.32 Å². The van der Waals surface area contributed by atoms with Crippen molar-refractivity contribution in [1.82, 2.24) is 10.2 Å². The Hall–Kier alpha value is -1.53. The maximum Gasteiger partial charge on any atom is 0.259 e. The largest absolute Gasteiger partial charge is 0.375 e. The zero-order valence-corrected chi connectivity index (χ0v) is 15.6. The number of carbonyl (C=O) groups excluding carboxylic acids is 1. The number of carbonyl (C=O) groups is 1. The fourth-order valence-electron chi connectivity index (χ4n) is 5.26. The number of hydrogen-bond acceptors (Lipinski definition) is 3. The van der Waals surface area contributed by atoms with Gasteiger partial charge in [0.2, 0.25) is 5.92 Å². The van der Waals surface area contributed by atoms with Gasteiger partial charge in [0.1, 0.15) is 0 Å². The standard InChI is InChI=1S/C21H28F2N2O2/c22-20(23)9-7-17(13-20)21(27,16-5-2-1-3-6-16)18(26)25-12-10-19(15-25)8-4-11-24-14-19/h1-3,5-6,17,24,27H,4,7-15H2/t17-,19+,21+/m1/s1. The number of hydrogen-bond donors (Lipinski definition) is 2. The lowest BCUT2D eigenvalue weighted by Crippen LogP contribution is -2.51. The molecule has 1 aromatic rings. The van der Waals surface area contributed by atoms with Gasteiger partial charge in [-0.25, -0.2) is 8.78 Å². The van der Waals surface area contributed by atoms with Crippen LogP contribution in [0.15, 0.2) is 30.3 Å². The number of nitrogens with zero attached hydrogens (tertiary/aromatic N) is 1. The van der Waals surface area contributed by atoms with E-state index in [0.29, 0.717) is 18.7 Å². The Balaban J connectivity index is 1.62. The first-order valence-electron chi connectivity index (χ1n) is 10.0. The summed E-state index contributed by atoms with van der Waals surface area (Å²) in [7, 11) is 0. The minimum atomic E-state index is -2.81. The van der Waals surface area contributed by atoms with Gasteiger partial charge in [0.25, 0.3) is 5.91 Å². The van der Waals surface area contributed by atoms with Gasteiger partial charge in [0.05, 0.1) is 0 Å². The summed E-state index contributed by atoms with van der Waals surface area (Å²) in [5.74, 6) is -3.98. The van der Waals surface area contributed by atoms with Crippen molar-refractivity contribution in [3.63, 3.8) is 0 Å². The molecule has 1 aliphatic carbocycles. The topological polar surface area (TPSA) is 52.6 Å². The highest BCUT2D eigenvalue weighted by Gasteiger charge is 2.56.